The van der Waals surface area contributed by atoms with Gasteiger partial charge in [-0.2, -0.15) is 0 Å². The highest BCUT2D eigenvalue weighted by molar-refractivity contribution is 14.1. The summed E-state index contributed by atoms with van der Waals surface area (Å²) < 4.78 is 26.1. The van der Waals surface area contributed by atoms with Gasteiger partial charge in [-0.05, 0) is 47.2 Å². The second-order valence-corrected chi connectivity index (χ2v) is 4.83. The molecule has 0 saturated carbocycles. The predicted molar refractivity (Wildman–Crippen MR) is 66.9 cm³/mol. The molecule has 0 fully saturated rings. The summed E-state index contributed by atoms with van der Waals surface area (Å²) in [5.74, 6) is -3.34. The van der Waals surface area contributed by atoms with E-state index in [9.17, 15) is 13.6 Å². The van der Waals surface area contributed by atoms with E-state index >= 15 is 0 Å². The maximum atomic E-state index is 12.6. The molecule has 0 radical (unpaired) electrons. The Morgan fingerprint density at radius 3 is 2.69 bits per heavy atom. The minimum atomic E-state index is -2.88. The van der Waals surface area contributed by atoms with Crippen LogP contribution >= 0.6 is 22.6 Å². The Bertz CT molecular complexity index is 401. The summed E-state index contributed by atoms with van der Waals surface area (Å²) in [5.41, 5.74) is 1.25. The topological polar surface area (TPSA) is 29.1 Å². The number of rotatable bonds is 3. The number of hydrogen-bond acceptors (Lipinski definition) is 1. The Labute approximate surface area is 107 Å². The van der Waals surface area contributed by atoms with E-state index in [1.165, 1.54) is 0 Å². The molecule has 0 aliphatic carbocycles. The summed E-state index contributed by atoms with van der Waals surface area (Å²) in [6.07, 6.45) is 0. The third-order valence-electron chi connectivity index (χ3n) is 2.07. The van der Waals surface area contributed by atoms with Gasteiger partial charge in [0.05, 0.1) is 6.54 Å². The van der Waals surface area contributed by atoms with Crippen molar-refractivity contribution in [1.82, 2.24) is 5.32 Å². The zero-order valence-corrected chi connectivity index (χ0v) is 11.1. The Hall–Kier alpha value is -0.720. The monoisotopic (exact) mass is 339 g/mol. The first-order valence-electron chi connectivity index (χ1n) is 4.72. The Kier molecular flexibility index (Phi) is 4.23. The van der Waals surface area contributed by atoms with E-state index in [0.29, 0.717) is 5.56 Å². The first-order valence-corrected chi connectivity index (χ1v) is 5.80. The average Bonchev–Trinajstić information content (AvgIpc) is 2.17. The van der Waals surface area contributed by atoms with Crippen LogP contribution in [0, 0.1) is 10.5 Å². The van der Waals surface area contributed by atoms with Crippen molar-refractivity contribution < 1.29 is 13.6 Å². The molecule has 0 atom stereocenters. The van der Waals surface area contributed by atoms with Crippen LogP contribution in [0.5, 0.6) is 0 Å². The normalized spacial score (nSPS) is 11.3. The van der Waals surface area contributed by atoms with Crippen molar-refractivity contribution >= 4 is 28.5 Å². The van der Waals surface area contributed by atoms with Crippen LogP contribution in [0.25, 0.3) is 0 Å². The smallest absolute Gasteiger partial charge is 0.262 e. The lowest BCUT2D eigenvalue weighted by molar-refractivity contribution is 0.0221. The van der Waals surface area contributed by atoms with Gasteiger partial charge >= 0.3 is 0 Å². The second-order valence-electron chi connectivity index (χ2n) is 3.67. The highest BCUT2D eigenvalue weighted by atomic mass is 127. The zero-order chi connectivity index (χ0) is 12.3. The number of amides is 1. The van der Waals surface area contributed by atoms with Crippen molar-refractivity contribution in [2.45, 2.75) is 19.8 Å². The third kappa shape index (κ3) is 3.70. The van der Waals surface area contributed by atoms with Crippen molar-refractivity contribution in [2.24, 2.45) is 0 Å². The highest BCUT2D eigenvalue weighted by Gasteiger charge is 2.22. The Balaban J connectivity index is 2.78. The molecule has 0 heterocycles. The molecule has 0 bridgehead atoms. The number of benzene rings is 1. The van der Waals surface area contributed by atoms with Gasteiger partial charge in [-0.25, -0.2) is 8.78 Å². The standard InChI is InChI=1S/C11H12F2INO/c1-7-8(4-3-5-9(7)14)10(16)15-6-11(2,12)13/h3-5H,6H2,1-2H3,(H,15,16). The van der Waals surface area contributed by atoms with Crippen molar-refractivity contribution in [2.75, 3.05) is 6.54 Å². The lowest BCUT2D eigenvalue weighted by Crippen LogP contribution is -2.34. The van der Waals surface area contributed by atoms with Crippen LogP contribution in [-0.4, -0.2) is 18.4 Å². The van der Waals surface area contributed by atoms with Crippen molar-refractivity contribution in [3.8, 4) is 0 Å². The molecule has 0 saturated heterocycles. The molecule has 88 valence electrons. The molecule has 1 aromatic rings. The van der Waals surface area contributed by atoms with E-state index in [-0.39, 0.29) is 0 Å². The van der Waals surface area contributed by atoms with Crippen LogP contribution in [0.3, 0.4) is 0 Å². The van der Waals surface area contributed by atoms with Crippen LogP contribution in [0.2, 0.25) is 0 Å². The van der Waals surface area contributed by atoms with Crippen LogP contribution in [0.1, 0.15) is 22.8 Å². The van der Waals surface area contributed by atoms with E-state index < -0.39 is 18.4 Å². The molecular weight excluding hydrogens is 327 g/mol. The number of alkyl halides is 2. The minimum Gasteiger partial charge on any atom is -0.346 e. The maximum Gasteiger partial charge on any atom is 0.262 e. The van der Waals surface area contributed by atoms with Gasteiger partial charge in [0.1, 0.15) is 0 Å². The molecule has 0 spiro atoms. The molecule has 16 heavy (non-hydrogen) atoms. The van der Waals surface area contributed by atoms with Gasteiger partial charge in [-0.15, -0.1) is 0 Å². The second kappa shape index (κ2) is 5.07. The van der Waals surface area contributed by atoms with Gasteiger partial charge in [-0.3, -0.25) is 4.79 Å². The number of nitrogens with one attached hydrogen (secondary N) is 1. The van der Waals surface area contributed by atoms with Gasteiger partial charge < -0.3 is 5.32 Å². The zero-order valence-electron chi connectivity index (χ0n) is 8.98. The fourth-order valence-corrected chi connectivity index (χ4v) is 1.68. The molecule has 5 heteroatoms. The van der Waals surface area contributed by atoms with E-state index in [0.717, 1.165) is 16.1 Å². The lowest BCUT2D eigenvalue weighted by atomic mass is 10.1. The predicted octanol–water partition coefficient (Wildman–Crippen LogP) is 2.98. The maximum absolute atomic E-state index is 12.6. The third-order valence-corrected chi connectivity index (χ3v) is 3.24. The van der Waals surface area contributed by atoms with Gasteiger partial charge in [0.2, 0.25) is 0 Å². The molecular formula is C11H12F2INO. The van der Waals surface area contributed by atoms with Crippen LogP contribution in [-0.2, 0) is 0 Å². The average molecular weight is 339 g/mol. The Morgan fingerprint density at radius 2 is 2.12 bits per heavy atom. The van der Waals surface area contributed by atoms with Crippen LogP contribution in [0.15, 0.2) is 18.2 Å². The molecule has 0 aliphatic heterocycles. The SMILES string of the molecule is Cc1c(I)cccc1C(=O)NCC(C)(F)F. The number of carbonyl (C=O) groups is 1. The summed E-state index contributed by atoms with van der Waals surface area (Å²) in [6, 6.07) is 5.22. The summed E-state index contributed by atoms with van der Waals surface area (Å²) in [5, 5.41) is 2.21. The van der Waals surface area contributed by atoms with E-state index in [2.05, 4.69) is 27.9 Å². The molecule has 1 amide bonds. The summed E-state index contributed by atoms with van der Waals surface area (Å²) in [7, 11) is 0. The minimum absolute atomic E-state index is 0.441. The fraction of sp³-hybridized carbons (Fsp3) is 0.364. The fourth-order valence-electron chi connectivity index (χ4n) is 1.18. The van der Waals surface area contributed by atoms with Gasteiger partial charge in [0, 0.05) is 16.1 Å². The van der Waals surface area contributed by atoms with E-state index in [4.69, 9.17) is 0 Å². The highest BCUT2D eigenvalue weighted by Crippen LogP contribution is 2.16. The van der Waals surface area contributed by atoms with Gasteiger partial charge in [0.15, 0.2) is 0 Å². The van der Waals surface area contributed by atoms with Gasteiger partial charge in [-0.1, -0.05) is 6.07 Å². The molecule has 1 rings (SSSR count). The molecule has 2 nitrogen and oxygen atoms in total. The summed E-state index contributed by atoms with van der Waals surface area (Å²) in [4.78, 5) is 11.6. The van der Waals surface area contributed by atoms with Gasteiger partial charge in [0.25, 0.3) is 11.8 Å². The summed E-state index contributed by atoms with van der Waals surface area (Å²) in [6.45, 7) is 1.92. The van der Waals surface area contributed by atoms with E-state index in [1.54, 1.807) is 19.1 Å². The molecule has 0 aliphatic rings. The van der Waals surface area contributed by atoms with Crippen molar-refractivity contribution in [3.63, 3.8) is 0 Å². The number of hydrogen-bond donors (Lipinski definition) is 1. The molecule has 1 N–H and O–H groups in total. The van der Waals surface area contributed by atoms with Crippen molar-refractivity contribution in [3.05, 3.63) is 32.9 Å². The van der Waals surface area contributed by atoms with Crippen LogP contribution < -0.4 is 5.32 Å². The van der Waals surface area contributed by atoms with Crippen LogP contribution in [0.4, 0.5) is 8.78 Å². The number of carbonyl (C=O) groups excluding carboxylic acids is 1. The first-order chi connectivity index (χ1) is 7.31. The van der Waals surface area contributed by atoms with E-state index in [1.807, 2.05) is 6.07 Å². The lowest BCUT2D eigenvalue weighted by Gasteiger charge is -2.12. The largest absolute Gasteiger partial charge is 0.346 e. The molecule has 0 unspecified atom stereocenters. The molecule has 1 aromatic carbocycles. The van der Waals surface area contributed by atoms with Crippen molar-refractivity contribution in [1.29, 1.82) is 0 Å². The quantitative estimate of drug-likeness (QED) is 0.843. The Morgan fingerprint density at radius 1 is 1.50 bits per heavy atom. The molecule has 0 aromatic heterocycles. The summed E-state index contributed by atoms with van der Waals surface area (Å²) >= 11 is 2.10. The number of halogens is 3. The first kappa shape index (κ1) is 13.3.